The molecule has 0 aromatic heterocycles. The van der Waals surface area contributed by atoms with Gasteiger partial charge in [-0.2, -0.15) is 0 Å². The molecule has 0 fully saturated rings. The molecule has 3 aromatic rings. The zero-order valence-corrected chi connectivity index (χ0v) is 15.8. The molecule has 4 heteroatoms. The number of allylic oxidation sites excluding steroid dienone is 2. The van der Waals surface area contributed by atoms with E-state index in [1.165, 1.54) is 24.3 Å². The first-order chi connectivity index (χ1) is 13.6. The minimum atomic E-state index is -0.266. The minimum Gasteiger partial charge on any atom is -0.489 e. The number of hydrogen-bond acceptors (Lipinski definition) is 2. The molecule has 0 heterocycles. The fourth-order valence-electron chi connectivity index (χ4n) is 2.41. The number of rotatable bonds is 7. The van der Waals surface area contributed by atoms with Gasteiger partial charge in [-0.25, -0.2) is 4.39 Å². The van der Waals surface area contributed by atoms with Crippen molar-refractivity contribution in [1.82, 2.24) is 0 Å². The summed E-state index contributed by atoms with van der Waals surface area (Å²) < 4.78 is 18.6. The Kier molecular flexibility index (Phi) is 6.77. The van der Waals surface area contributed by atoms with E-state index in [2.05, 4.69) is 0 Å². The van der Waals surface area contributed by atoms with Gasteiger partial charge in [0.05, 0.1) is 0 Å². The van der Waals surface area contributed by atoms with E-state index >= 15 is 0 Å². The van der Waals surface area contributed by atoms with E-state index in [4.69, 9.17) is 16.3 Å². The highest BCUT2D eigenvalue weighted by atomic mass is 35.5. The molecular formula is C24H18ClFO2. The Morgan fingerprint density at radius 3 is 1.93 bits per heavy atom. The molecule has 0 spiro atoms. The Morgan fingerprint density at radius 1 is 0.821 bits per heavy atom. The van der Waals surface area contributed by atoms with Crippen LogP contribution in [0.4, 0.5) is 4.39 Å². The molecule has 28 heavy (non-hydrogen) atoms. The average Bonchev–Trinajstić information content (AvgIpc) is 2.72. The zero-order chi connectivity index (χ0) is 19.8. The first-order valence-corrected chi connectivity index (χ1v) is 9.09. The summed E-state index contributed by atoms with van der Waals surface area (Å²) in [5.41, 5.74) is 2.69. The molecular weight excluding hydrogens is 375 g/mol. The number of ketones is 1. The van der Waals surface area contributed by atoms with Gasteiger partial charge in [0.25, 0.3) is 0 Å². The Morgan fingerprint density at radius 2 is 1.36 bits per heavy atom. The van der Waals surface area contributed by atoms with E-state index in [1.54, 1.807) is 36.4 Å². The van der Waals surface area contributed by atoms with Crippen molar-refractivity contribution in [3.05, 3.63) is 112 Å². The van der Waals surface area contributed by atoms with E-state index in [0.29, 0.717) is 17.4 Å². The summed E-state index contributed by atoms with van der Waals surface area (Å²) in [6.07, 6.45) is 6.52. The van der Waals surface area contributed by atoms with E-state index in [-0.39, 0.29) is 11.6 Å². The lowest BCUT2D eigenvalue weighted by Gasteiger charge is -2.06. The molecule has 0 radical (unpaired) electrons. The molecule has 0 saturated heterocycles. The van der Waals surface area contributed by atoms with Crippen molar-refractivity contribution < 1.29 is 13.9 Å². The molecule has 3 rings (SSSR count). The van der Waals surface area contributed by atoms with Crippen molar-refractivity contribution in [2.75, 3.05) is 0 Å². The lowest BCUT2D eigenvalue weighted by molar-refractivity contribution is -0.110. The molecule has 0 aliphatic carbocycles. The number of hydrogen-bond donors (Lipinski definition) is 0. The second-order valence-corrected chi connectivity index (χ2v) is 6.54. The third-order valence-corrected chi connectivity index (χ3v) is 4.20. The maximum atomic E-state index is 12.9. The summed E-state index contributed by atoms with van der Waals surface area (Å²) in [4.78, 5) is 12.0. The van der Waals surface area contributed by atoms with Gasteiger partial charge in [-0.3, -0.25) is 4.79 Å². The van der Waals surface area contributed by atoms with Gasteiger partial charge in [0.2, 0.25) is 0 Å². The lowest BCUT2D eigenvalue weighted by Crippen LogP contribution is -1.95. The highest BCUT2D eigenvalue weighted by Gasteiger charge is 1.98. The van der Waals surface area contributed by atoms with Crippen LogP contribution in [0.3, 0.4) is 0 Å². The standard InChI is InChI=1S/C24H18ClFO2/c25-21-9-1-18(2-10-21)5-13-23(27)14-6-19-7-15-24(16-8-19)28-17-20-3-11-22(26)12-4-20/h1-16H,17H2/b13-5+,14-6+. The summed E-state index contributed by atoms with van der Waals surface area (Å²) in [5, 5.41) is 0.661. The molecule has 3 aromatic carbocycles. The molecule has 2 nitrogen and oxygen atoms in total. The third kappa shape index (κ3) is 6.22. The van der Waals surface area contributed by atoms with Gasteiger partial charge >= 0.3 is 0 Å². The van der Waals surface area contributed by atoms with E-state index in [0.717, 1.165) is 16.7 Å². The summed E-state index contributed by atoms with van der Waals surface area (Å²) in [7, 11) is 0. The number of benzene rings is 3. The van der Waals surface area contributed by atoms with Crippen LogP contribution in [0, 0.1) is 5.82 Å². The summed E-state index contributed by atoms with van der Waals surface area (Å²) in [6, 6.07) is 20.8. The molecule has 0 N–H and O–H groups in total. The van der Waals surface area contributed by atoms with Gasteiger partial charge in [0.15, 0.2) is 5.78 Å². The molecule has 0 bridgehead atoms. The normalized spacial score (nSPS) is 11.2. The van der Waals surface area contributed by atoms with Gasteiger partial charge in [0.1, 0.15) is 18.2 Å². The van der Waals surface area contributed by atoms with Crippen LogP contribution in [0.15, 0.2) is 84.9 Å². The van der Waals surface area contributed by atoms with Crippen LogP contribution in [0.1, 0.15) is 16.7 Å². The predicted octanol–water partition coefficient (Wildman–Crippen LogP) is 6.35. The van der Waals surface area contributed by atoms with Crippen molar-refractivity contribution in [2.45, 2.75) is 6.61 Å². The molecule has 0 amide bonds. The van der Waals surface area contributed by atoms with Crippen molar-refractivity contribution in [3.8, 4) is 5.75 Å². The largest absolute Gasteiger partial charge is 0.489 e. The van der Waals surface area contributed by atoms with Gasteiger partial charge in [0, 0.05) is 5.02 Å². The Labute approximate surface area is 168 Å². The number of carbonyl (C=O) groups excluding carboxylic acids is 1. The highest BCUT2D eigenvalue weighted by Crippen LogP contribution is 2.16. The number of halogens is 2. The molecule has 0 unspecified atom stereocenters. The Bertz CT molecular complexity index is 973. The van der Waals surface area contributed by atoms with Crippen LogP contribution in [0.25, 0.3) is 12.2 Å². The van der Waals surface area contributed by atoms with Crippen LogP contribution < -0.4 is 4.74 Å². The molecule has 0 aliphatic rings. The van der Waals surface area contributed by atoms with Crippen LogP contribution in [0.5, 0.6) is 5.75 Å². The van der Waals surface area contributed by atoms with E-state index in [9.17, 15) is 9.18 Å². The first kappa shape index (κ1) is 19.6. The maximum Gasteiger partial charge on any atom is 0.178 e. The van der Waals surface area contributed by atoms with Crippen LogP contribution >= 0.6 is 11.6 Å². The van der Waals surface area contributed by atoms with Crippen LogP contribution in [-0.4, -0.2) is 5.78 Å². The fourth-order valence-corrected chi connectivity index (χ4v) is 2.53. The molecule has 0 atom stereocenters. The second-order valence-electron chi connectivity index (χ2n) is 6.10. The van der Waals surface area contributed by atoms with E-state index in [1.807, 2.05) is 36.4 Å². The Hall–Kier alpha value is -3.17. The lowest BCUT2D eigenvalue weighted by atomic mass is 10.1. The summed E-state index contributed by atoms with van der Waals surface area (Å²) in [5.74, 6) is 0.333. The van der Waals surface area contributed by atoms with Gasteiger partial charge in [-0.15, -0.1) is 0 Å². The molecule has 0 aliphatic heterocycles. The summed E-state index contributed by atoms with van der Waals surface area (Å²) >= 11 is 5.83. The molecule has 140 valence electrons. The number of ether oxygens (including phenoxy) is 1. The van der Waals surface area contributed by atoms with Crippen LogP contribution in [-0.2, 0) is 11.4 Å². The van der Waals surface area contributed by atoms with Gasteiger partial charge < -0.3 is 4.74 Å². The van der Waals surface area contributed by atoms with Crippen molar-refractivity contribution >= 4 is 29.5 Å². The van der Waals surface area contributed by atoms with Crippen LogP contribution in [0.2, 0.25) is 5.02 Å². The third-order valence-electron chi connectivity index (χ3n) is 3.95. The minimum absolute atomic E-state index is 0.105. The maximum absolute atomic E-state index is 12.9. The Balaban J connectivity index is 1.52. The topological polar surface area (TPSA) is 26.3 Å². The van der Waals surface area contributed by atoms with E-state index < -0.39 is 0 Å². The van der Waals surface area contributed by atoms with Gasteiger partial charge in [-0.05, 0) is 65.2 Å². The van der Waals surface area contributed by atoms with Gasteiger partial charge in [-0.1, -0.05) is 60.2 Å². The monoisotopic (exact) mass is 392 g/mol. The highest BCUT2D eigenvalue weighted by molar-refractivity contribution is 6.30. The fraction of sp³-hybridized carbons (Fsp3) is 0.0417. The molecule has 0 saturated carbocycles. The van der Waals surface area contributed by atoms with Crippen molar-refractivity contribution in [1.29, 1.82) is 0 Å². The van der Waals surface area contributed by atoms with Crippen molar-refractivity contribution in [3.63, 3.8) is 0 Å². The number of carbonyl (C=O) groups is 1. The zero-order valence-electron chi connectivity index (χ0n) is 15.0. The predicted molar refractivity (Wildman–Crippen MR) is 112 cm³/mol. The summed E-state index contributed by atoms with van der Waals surface area (Å²) in [6.45, 7) is 0.365. The second kappa shape index (κ2) is 9.67. The SMILES string of the molecule is O=C(/C=C/c1ccc(Cl)cc1)/C=C/c1ccc(OCc2ccc(F)cc2)cc1. The first-order valence-electron chi connectivity index (χ1n) is 8.71. The smallest absolute Gasteiger partial charge is 0.178 e. The van der Waals surface area contributed by atoms with Crippen molar-refractivity contribution in [2.24, 2.45) is 0 Å². The average molecular weight is 393 g/mol. The quantitative estimate of drug-likeness (QED) is 0.437.